The molecule has 0 spiro atoms. The molecule has 0 unspecified atom stereocenters. The number of halogens is 1. The predicted molar refractivity (Wildman–Crippen MR) is 54.4 cm³/mol. The lowest BCUT2D eigenvalue weighted by Gasteiger charge is -2.01. The van der Waals surface area contributed by atoms with Crippen molar-refractivity contribution in [1.29, 1.82) is 0 Å². The van der Waals surface area contributed by atoms with Crippen LogP contribution in [0.25, 0.3) is 5.65 Å². The van der Waals surface area contributed by atoms with Gasteiger partial charge in [-0.2, -0.15) is 0 Å². The largest absolute Gasteiger partial charge is 0.396 e. The Kier molecular flexibility index (Phi) is 1.50. The number of nitrogens with zero attached hydrogens (tertiary/aromatic N) is 3. The maximum Gasteiger partial charge on any atom is 0.185 e. The first-order valence-corrected chi connectivity index (χ1v) is 4.94. The average molecular weight is 209 g/mol. The van der Waals surface area contributed by atoms with Gasteiger partial charge in [-0.1, -0.05) is 11.6 Å². The number of hydrogen-bond acceptors (Lipinski definition) is 3. The minimum atomic E-state index is 0.518. The molecule has 4 nitrogen and oxygen atoms in total. The number of nitrogens with two attached hydrogens (primary N) is 1. The van der Waals surface area contributed by atoms with Crippen molar-refractivity contribution < 1.29 is 0 Å². The molecular formula is C9H9ClN4. The quantitative estimate of drug-likeness (QED) is 0.728. The van der Waals surface area contributed by atoms with Gasteiger partial charge in [0.1, 0.15) is 11.0 Å². The molecule has 1 aliphatic rings. The zero-order valence-electron chi connectivity index (χ0n) is 7.44. The Morgan fingerprint density at radius 3 is 2.86 bits per heavy atom. The molecule has 0 aliphatic heterocycles. The molecule has 0 bridgehead atoms. The summed E-state index contributed by atoms with van der Waals surface area (Å²) < 4.78 is 1.84. The van der Waals surface area contributed by atoms with Gasteiger partial charge in [0, 0.05) is 5.92 Å². The van der Waals surface area contributed by atoms with Crippen molar-refractivity contribution in [3.8, 4) is 0 Å². The van der Waals surface area contributed by atoms with E-state index in [1.807, 2.05) is 4.40 Å². The first kappa shape index (κ1) is 8.05. The highest BCUT2D eigenvalue weighted by Crippen LogP contribution is 2.40. The minimum Gasteiger partial charge on any atom is -0.396 e. The summed E-state index contributed by atoms with van der Waals surface area (Å²) in [5.41, 5.74) is 7.06. The highest BCUT2D eigenvalue weighted by atomic mass is 35.5. The first-order valence-electron chi connectivity index (χ1n) is 4.56. The van der Waals surface area contributed by atoms with Gasteiger partial charge < -0.3 is 5.73 Å². The number of pyridine rings is 1. The van der Waals surface area contributed by atoms with Crippen molar-refractivity contribution in [2.45, 2.75) is 18.8 Å². The van der Waals surface area contributed by atoms with Crippen molar-refractivity contribution in [2.75, 3.05) is 5.73 Å². The number of anilines is 1. The fourth-order valence-electron chi connectivity index (χ4n) is 1.61. The molecule has 72 valence electrons. The Morgan fingerprint density at radius 1 is 1.36 bits per heavy atom. The highest BCUT2D eigenvalue weighted by Gasteiger charge is 2.29. The Bertz CT molecular complexity index is 501. The van der Waals surface area contributed by atoms with Crippen molar-refractivity contribution >= 4 is 22.9 Å². The number of rotatable bonds is 1. The van der Waals surface area contributed by atoms with Crippen LogP contribution in [0.4, 0.5) is 5.69 Å². The van der Waals surface area contributed by atoms with Crippen LogP contribution in [-0.2, 0) is 0 Å². The average Bonchev–Trinajstić information content (AvgIpc) is 2.91. The van der Waals surface area contributed by atoms with Crippen LogP contribution in [0.5, 0.6) is 0 Å². The van der Waals surface area contributed by atoms with Crippen LogP contribution in [0.1, 0.15) is 24.6 Å². The second-order valence-electron chi connectivity index (χ2n) is 3.60. The Hall–Kier alpha value is -1.29. The molecule has 1 fully saturated rings. The molecule has 2 aromatic rings. The zero-order valence-corrected chi connectivity index (χ0v) is 8.20. The second-order valence-corrected chi connectivity index (χ2v) is 3.99. The van der Waals surface area contributed by atoms with E-state index in [1.54, 1.807) is 12.1 Å². The fraction of sp³-hybridized carbons (Fsp3) is 0.333. The summed E-state index contributed by atoms with van der Waals surface area (Å²) >= 11 is 6.07. The number of nitrogen functional groups attached to an aromatic ring is 1. The van der Waals surface area contributed by atoms with Crippen molar-refractivity contribution in [2.24, 2.45) is 0 Å². The topological polar surface area (TPSA) is 56.2 Å². The third kappa shape index (κ3) is 1.00. The summed E-state index contributed by atoms with van der Waals surface area (Å²) in [5.74, 6) is 1.46. The van der Waals surface area contributed by atoms with E-state index in [9.17, 15) is 0 Å². The third-order valence-electron chi connectivity index (χ3n) is 2.50. The SMILES string of the molecule is Nc1ccc(Cl)n2c(C3CC3)nnc12. The van der Waals surface area contributed by atoms with Crippen molar-refractivity contribution in [1.82, 2.24) is 14.6 Å². The standard InChI is InChI=1S/C9H9ClN4/c10-7-4-3-6(11)9-13-12-8(14(7)9)5-1-2-5/h3-5H,1-2,11H2. The van der Waals surface area contributed by atoms with Gasteiger partial charge in [0.05, 0.1) is 5.69 Å². The lowest BCUT2D eigenvalue weighted by Crippen LogP contribution is -1.96. The number of fused-ring (bicyclic) bond motifs is 1. The molecule has 0 saturated heterocycles. The molecule has 1 saturated carbocycles. The van der Waals surface area contributed by atoms with Gasteiger partial charge in [0.25, 0.3) is 0 Å². The molecule has 5 heteroatoms. The van der Waals surface area contributed by atoms with Gasteiger partial charge in [-0.25, -0.2) is 0 Å². The monoisotopic (exact) mass is 208 g/mol. The molecule has 0 amide bonds. The van der Waals surface area contributed by atoms with Crippen LogP contribution in [0, 0.1) is 0 Å². The van der Waals surface area contributed by atoms with Crippen LogP contribution in [0.3, 0.4) is 0 Å². The lowest BCUT2D eigenvalue weighted by atomic mass is 10.3. The summed E-state index contributed by atoms with van der Waals surface area (Å²) in [5, 5.41) is 8.80. The lowest BCUT2D eigenvalue weighted by molar-refractivity contribution is 0.898. The molecule has 1 aliphatic carbocycles. The Morgan fingerprint density at radius 2 is 2.14 bits per heavy atom. The van der Waals surface area contributed by atoms with Gasteiger partial charge in [-0.15, -0.1) is 10.2 Å². The van der Waals surface area contributed by atoms with Crippen LogP contribution in [0.2, 0.25) is 5.15 Å². The molecule has 0 atom stereocenters. The van der Waals surface area contributed by atoms with Gasteiger partial charge in [0.15, 0.2) is 5.65 Å². The van der Waals surface area contributed by atoms with E-state index in [0.717, 1.165) is 5.82 Å². The minimum absolute atomic E-state index is 0.518. The number of aromatic nitrogens is 3. The second kappa shape index (κ2) is 2.60. The zero-order chi connectivity index (χ0) is 9.71. The van der Waals surface area contributed by atoms with Gasteiger partial charge >= 0.3 is 0 Å². The van der Waals surface area contributed by atoms with E-state index < -0.39 is 0 Å². The summed E-state index contributed by atoms with van der Waals surface area (Å²) in [6, 6.07) is 3.53. The molecular weight excluding hydrogens is 200 g/mol. The normalized spacial score (nSPS) is 16.4. The van der Waals surface area contributed by atoms with E-state index in [-0.39, 0.29) is 0 Å². The number of hydrogen-bond donors (Lipinski definition) is 1. The summed E-state index contributed by atoms with van der Waals surface area (Å²) in [6.07, 6.45) is 2.35. The van der Waals surface area contributed by atoms with Crippen LogP contribution < -0.4 is 5.73 Å². The molecule has 2 N–H and O–H groups in total. The van der Waals surface area contributed by atoms with Crippen LogP contribution in [0.15, 0.2) is 12.1 Å². The predicted octanol–water partition coefficient (Wildman–Crippen LogP) is 1.84. The smallest absolute Gasteiger partial charge is 0.185 e. The summed E-state index contributed by atoms with van der Waals surface area (Å²) in [7, 11) is 0. The Balaban J connectivity index is 2.37. The summed E-state index contributed by atoms with van der Waals surface area (Å²) in [6.45, 7) is 0. The van der Waals surface area contributed by atoms with E-state index in [4.69, 9.17) is 17.3 Å². The Labute approximate surface area is 85.7 Å². The maximum atomic E-state index is 6.07. The molecule has 3 rings (SSSR count). The molecule has 0 radical (unpaired) electrons. The molecule has 2 aromatic heterocycles. The van der Waals surface area contributed by atoms with Crippen molar-refractivity contribution in [3.63, 3.8) is 0 Å². The van der Waals surface area contributed by atoms with Gasteiger partial charge in [0.2, 0.25) is 0 Å². The third-order valence-corrected chi connectivity index (χ3v) is 2.80. The maximum absolute atomic E-state index is 6.07. The molecule has 2 heterocycles. The van der Waals surface area contributed by atoms with E-state index in [1.165, 1.54) is 12.8 Å². The van der Waals surface area contributed by atoms with E-state index >= 15 is 0 Å². The fourth-order valence-corrected chi connectivity index (χ4v) is 1.84. The first-order chi connectivity index (χ1) is 6.77. The van der Waals surface area contributed by atoms with Crippen LogP contribution in [-0.4, -0.2) is 14.6 Å². The van der Waals surface area contributed by atoms with Crippen molar-refractivity contribution in [3.05, 3.63) is 23.1 Å². The molecule has 0 aromatic carbocycles. The van der Waals surface area contributed by atoms with Crippen LogP contribution >= 0.6 is 11.6 Å². The van der Waals surface area contributed by atoms with E-state index in [0.29, 0.717) is 22.4 Å². The van der Waals surface area contributed by atoms with Gasteiger partial charge in [-0.05, 0) is 25.0 Å². The van der Waals surface area contributed by atoms with E-state index in [2.05, 4.69) is 10.2 Å². The molecule has 14 heavy (non-hydrogen) atoms. The summed E-state index contributed by atoms with van der Waals surface area (Å²) in [4.78, 5) is 0. The highest BCUT2D eigenvalue weighted by molar-refractivity contribution is 6.29. The van der Waals surface area contributed by atoms with Gasteiger partial charge in [-0.3, -0.25) is 4.40 Å².